The number of hydrogen-bond acceptors (Lipinski definition) is 5. The number of aromatic nitrogens is 3. The molecule has 0 bridgehead atoms. The van der Waals surface area contributed by atoms with E-state index in [2.05, 4.69) is 15.4 Å². The second kappa shape index (κ2) is 6.52. The maximum Gasteiger partial charge on any atom is 0.295 e. The van der Waals surface area contributed by atoms with Crippen molar-refractivity contribution in [1.82, 2.24) is 14.8 Å². The Morgan fingerprint density at radius 3 is 2.60 bits per heavy atom. The van der Waals surface area contributed by atoms with Gasteiger partial charge < -0.3 is 5.32 Å². The van der Waals surface area contributed by atoms with Gasteiger partial charge in [0.05, 0.1) is 4.92 Å². The molecule has 0 radical (unpaired) electrons. The van der Waals surface area contributed by atoms with Gasteiger partial charge in [-0.05, 0) is 49.2 Å². The molecule has 126 valence electrons. The third-order valence-electron chi connectivity index (χ3n) is 3.86. The third-order valence-corrected chi connectivity index (χ3v) is 3.86. The van der Waals surface area contributed by atoms with Gasteiger partial charge in [0.15, 0.2) is 0 Å². The van der Waals surface area contributed by atoms with Gasteiger partial charge in [-0.25, -0.2) is 9.67 Å². The van der Waals surface area contributed by atoms with Crippen LogP contribution in [0, 0.1) is 24.0 Å². The minimum absolute atomic E-state index is 0.189. The van der Waals surface area contributed by atoms with Gasteiger partial charge >= 0.3 is 0 Å². The zero-order chi connectivity index (χ0) is 18.0. The summed E-state index contributed by atoms with van der Waals surface area (Å²) in [5.74, 6) is -0.420. The summed E-state index contributed by atoms with van der Waals surface area (Å²) in [5.41, 5.74) is 3.00. The summed E-state index contributed by atoms with van der Waals surface area (Å²) < 4.78 is 1.28. The normalized spacial score (nSPS) is 10.5. The molecule has 3 aromatic rings. The average Bonchev–Trinajstić information content (AvgIpc) is 3.12. The summed E-state index contributed by atoms with van der Waals surface area (Å²) in [7, 11) is 0. The van der Waals surface area contributed by atoms with Crippen LogP contribution < -0.4 is 5.32 Å². The van der Waals surface area contributed by atoms with Crippen LogP contribution in [-0.4, -0.2) is 25.6 Å². The Balaban J connectivity index is 1.91. The summed E-state index contributed by atoms with van der Waals surface area (Å²) in [6, 6.07) is 9.76. The number of aryl methyl sites for hydroxylation is 2. The second-order valence-corrected chi connectivity index (χ2v) is 5.55. The molecule has 1 heterocycles. The summed E-state index contributed by atoms with van der Waals surface area (Å²) in [6.07, 6.45) is 2.64. The molecule has 2 aromatic carbocycles. The Hall–Kier alpha value is -3.55. The lowest BCUT2D eigenvalue weighted by Crippen LogP contribution is -2.13. The number of hydrogen-bond donors (Lipinski definition) is 1. The standard InChI is InChI=1S/C17H15N5O3/c1-11-3-5-14(7-12(11)2)20-17(23)13-4-6-15(16(8-13)22(24)25)21-10-18-9-19-21/h3-10H,1-2H3,(H,20,23). The largest absolute Gasteiger partial charge is 0.322 e. The molecule has 25 heavy (non-hydrogen) atoms. The Labute approximate surface area is 143 Å². The predicted octanol–water partition coefficient (Wildman–Crippen LogP) is 3.04. The zero-order valence-electron chi connectivity index (χ0n) is 13.6. The first-order chi connectivity index (χ1) is 12.0. The molecule has 0 atom stereocenters. The van der Waals surface area contributed by atoms with E-state index in [4.69, 9.17) is 0 Å². The SMILES string of the molecule is Cc1ccc(NC(=O)c2ccc(-n3cncn3)c([N+](=O)[O-])c2)cc1C. The van der Waals surface area contributed by atoms with E-state index in [-0.39, 0.29) is 16.9 Å². The van der Waals surface area contributed by atoms with Gasteiger partial charge in [0.1, 0.15) is 18.3 Å². The van der Waals surface area contributed by atoms with E-state index >= 15 is 0 Å². The van der Waals surface area contributed by atoms with E-state index in [9.17, 15) is 14.9 Å². The molecule has 3 rings (SSSR count). The Morgan fingerprint density at radius 1 is 1.16 bits per heavy atom. The molecule has 0 saturated heterocycles. The van der Waals surface area contributed by atoms with Crippen molar-refractivity contribution in [3.63, 3.8) is 0 Å². The van der Waals surface area contributed by atoms with Crippen LogP contribution in [0.5, 0.6) is 0 Å². The van der Waals surface area contributed by atoms with Gasteiger partial charge in [-0.3, -0.25) is 14.9 Å². The van der Waals surface area contributed by atoms with Crippen LogP contribution in [0.15, 0.2) is 49.1 Å². The van der Waals surface area contributed by atoms with Crippen LogP contribution in [0.1, 0.15) is 21.5 Å². The van der Waals surface area contributed by atoms with Gasteiger partial charge in [0.2, 0.25) is 0 Å². The molecule has 1 N–H and O–H groups in total. The Kier molecular flexibility index (Phi) is 4.25. The van der Waals surface area contributed by atoms with Crippen molar-refractivity contribution in [3.8, 4) is 5.69 Å². The van der Waals surface area contributed by atoms with Crippen LogP contribution in [-0.2, 0) is 0 Å². The van der Waals surface area contributed by atoms with Crippen molar-refractivity contribution in [2.75, 3.05) is 5.32 Å². The van der Waals surface area contributed by atoms with E-state index in [1.54, 1.807) is 6.07 Å². The fourth-order valence-electron chi connectivity index (χ4n) is 2.36. The predicted molar refractivity (Wildman–Crippen MR) is 91.9 cm³/mol. The summed E-state index contributed by atoms with van der Waals surface area (Å²) >= 11 is 0. The van der Waals surface area contributed by atoms with Crippen LogP contribution >= 0.6 is 0 Å². The van der Waals surface area contributed by atoms with E-state index in [0.717, 1.165) is 11.1 Å². The van der Waals surface area contributed by atoms with Crippen LogP contribution in [0.3, 0.4) is 0 Å². The van der Waals surface area contributed by atoms with Crippen molar-refractivity contribution in [2.45, 2.75) is 13.8 Å². The topological polar surface area (TPSA) is 103 Å². The Morgan fingerprint density at radius 2 is 1.96 bits per heavy atom. The molecular formula is C17H15N5O3. The molecule has 1 amide bonds. The molecule has 0 unspecified atom stereocenters. The van der Waals surface area contributed by atoms with Crippen LogP contribution in [0.4, 0.5) is 11.4 Å². The average molecular weight is 337 g/mol. The lowest BCUT2D eigenvalue weighted by molar-refractivity contribution is -0.384. The number of rotatable bonds is 4. The maximum atomic E-state index is 12.4. The molecule has 1 aromatic heterocycles. The molecular weight excluding hydrogens is 322 g/mol. The lowest BCUT2D eigenvalue weighted by Gasteiger charge is -2.09. The molecule has 0 aliphatic heterocycles. The van der Waals surface area contributed by atoms with Gasteiger partial charge in [-0.1, -0.05) is 6.07 Å². The molecule has 0 spiro atoms. The van der Waals surface area contributed by atoms with Crippen LogP contribution in [0.2, 0.25) is 0 Å². The number of carbonyl (C=O) groups is 1. The molecule has 8 heteroatoms. The maximum absolute atomic E-state index is 12.4. The molecule has 8 nitrogen and oxygen atoms in total. The number of nitrogens with one attached hydrogen (secondary N) is 1. The highest BCUT2D eigenvalue weighted by atomic mass is 16.6. The number of nitrogens with zero attached hydrogens (tertiary/aromatic N) is 4. The van der Waals surface area contributed by atoms with Gasteiger partial charge in [-0.2, -0.15) is 5.10 Å². The quantitative estimate of drug-likeness (QED) is 0.582. The Bertz CT molecular complexity index is 951. The van der Waals surface area contributed by atoms with E-state index < -0.39 is 10.8 Å². The monoisotopic (exact) mass is 337 g/mol. The fraction of sp³-hybridized carbons (Fsp3) is 0.118. The van der Waals surface area contributed by atoms with Gasteiger partial charge in [-0.15, -0.1) is 0 Å². The number of nitro groups is 1. The first-order valence-electron chi connectivity index (χ1n) is 7.48. The summed E-state index contributed by atoms with van der Waals surface area (Å²) in [4.78, 5) is 27.0. The zero-order valence-corrected chi connectivity index (χ0v) is 13.6. The fourth-order valence-corrected chi connectivity index (χ4v) is 2.36. The number of nitro benzene ring substituents is 1. The highest BCUT2D eigenvalue weighted by Crippen LogP contribution is 2.24. The van der Waals surface area contributed by atoms with E-state index in [1.807, 2.05) is 26.0 Å². The van der Waals surface area contributed by atoms with Crippen molar-refractivity contribution >= 4 is 17.3 Å². The van der Waals surface area contributed by atoms with E-state index in [1.165, 1.54) is 35.5 Å². The number of anilines is 1. The van der Waals surface area contributed by atoms with Crippen LogP contribution in [0.25, 0.3) is 5.69 Å². The number of benzene rings is 2. The molecule has 0 aliphatic rings. The highest BCUT2D eigenvalue weighted by Gasteiger charge is 2.19. The molecule has 0 aliphatic carbocycles. The lowest BCUT2D eigenvalue weighted by atomic mass is 10.1. The van der Waals surface area contributed by atoms with Crippen molar-refractivity contribution in [3.05, 3.63) is 75.9 Å². The van der Waals surface area contributed by atoms with Crippen molar-refractivity contribution in [2.24, 2.45) is 0 Å². The minimum atomic E-state index is -0.552. The first kappa shape index (κ1) is 16.3. The minimum Gasteiger partial charge on any atom is -0.322 e. The summed E-state index contributed by atoms with van der Waals surface area (Å²) in [5, 5.41) is 18.0. The third kappa shape index (κ3) is 3.37. The first-order valence-corrected chi connectivity index (χ1v) is 7.48. The van der Waals surface area contributed by atoms with Gasteiger partial charge in [0.25, 0.3) is 11.6 Å². The highest BCUT2D eigenvalue weighted by molar-refractivity contribution is 6.05. The number of amides is 1. The second-order valence-electron chi connectivity index (χ2n) is 5.55. The van der Waals surface area contributed by atoms with E-state index in [0.29, 0.717) is 5.69 Å². The van der Waals surface area contributed by atoms with Crippen molar-refractivity contribution in [1.29, 1.82) is 0 Å². The smallest absolute Gasteiger partial charge is 0.295 e. The molecule has 0 fully saturated rings. The van der Waals surface area contributed by atoms with Gasteiger partial charge in [0, 0.05) is 17.3 Å². The number of carbonyl (C=O) groups excluding carboxylic acids is 1. The molecule has 0 saturated carbocycles. The summed E-state index contributed by atoms with van der Waals surface area (Å²) in [6.45, 7) is 3.93. The van der Waals surface area contributed by atoms with Crippen molar-refractivity contribution < 1.29 is 9.72 Å².